The van der Waals surface area contributed by atoms with Crippen LogP contribution in [0.1, 0.15) is 0 Å². The van der Waals surface area contributed by atoms with E-state index in [2.05, 4.69) is 180 Å². The van der Waals surface area contributed by atoms with Crippen molar-refractivity contribution >= 4 is 65.7 Å². The Morgan fingerprint density at radius 2 is 0.693 bits per heavy atom. The molecule has 0 fully saturated rings. The molecule has 15 aromatic rings. The number of benzene rings is 11. The van der Waals surface area contributed by atoms with Crippen LogP contribution in [0.25, 0.3) is 150 Å². The van der Waals surface area contributed by atoms with Gasteiger partial charge in [0.05, 0.1) is 16.7 Å². The molecule has 6 nitrogen and oxygen atoms in total. The molecule has 0 unspecified atom stereocenters. The van der Waals surface area contributed by atoms with E-state index in [4.69, 9.17) is 23.8 Å². The summed E-state index contributed by atoms with van der Waals surface area (Å²) in [5, 5.41) is 6.60. The SMILES string of the molecule is c1ccc(-c2ccc3c(c2)c2ccccc2n3-c2cc(-c3cccc(-c4cc(-c5cccc(-c6nc(-c7ccccc7)nc(-c7ccccc7)n6)c5)cc5c4oc4ccccc45)c3)cc3c2oc2ccccc23)cc1. The van der Waals surface area contributed by atoms with Gasteiger partial charge in [-0.3, -0.25) is 0 Å². The number of para-hydroxylation sites is 3. The molecule has 11 aromatic carbocycles. The van der Waals surface area contributed by atoms with E-state index in [1.54, 1.807) is 0 Å². The second-order valence-corrected chi connectivity index (χ2v) is 19.1. The molecule has 350 valence electrons. The Hall–Kier alpha value is -10.2. The van der Waals surface area contributed by atoms with E-state index in [1.807, 2.05) is 78.9 Å². The number of nitrogens with zero attached hydrogens (tertiary/aromatic N) is 4. The van der Waals surface area contributed by atoms with Crippen LogP contribution in [0.3, 0.4) is 0 Å². The summed E-state index contributed by atoms with van der Waals surface area (Å²) in [6.45, 7) is 0. The van der Waals surface area contributed by atoms with Gasteiger partial charge in [0.25, 0.3) is 0 Å². The molecule has 0 aliphatic rings. The third-order valence-electron chi connectivity index (χ3n) is 14.6. The first kappa shape index (κ1) is 42.5. The Morgan fingerprint density at radius 1 is 0.253 bits per heavy atom. The topological polar surface area (TPSA) is 69.9 Å². The van der Waals surface area contributed by atoms with E-state index in [1.165, 1.54) is 21.9 Å². The van der Waals surface area contributed by atoms with Gasteiger partial charge in [0.2, 0.25) is 0 Å². The Labute approximate surface area is 431 Å². The largest absolute Gasteiger partial charge is 0.455 e. The van der Waals surface area contributed by atoms with E-state index < -0.39 is 0 Å². The van der Waals surface area contributed by atoms with Crippen molar-refractivity contribution in [2.24, 2.45) is 0 Å². The first-order valence-corrected chi connectivity index (χ1v) is 25.2. The number of hydrogen-bond donors (Lipinski definition) is 0. The zero-order valence-corrected chi connectivity index (χ0v) is 40.4. The fraction of sp³-hybridized carbons (Fsp3) is 0. The minimum absolute atomic E-state index is 0.604. The van der Waals surface area contributed by atoms with Gasteiger partial charge in [-0.1, -0.05) is 188 Å². The van der Waals surface area contributed by atoms with Crippen molar-refractivity contribution in [1.82, 2.24) is 19.5 Å². The monoisotopic (exact) mass is 958 g/mol. The number of aromatic nitrogens is 4. The molecule has 15 rings (SSSR count). The van der Waals surface area contributed by atoms with Gasteiger partial charge in [-0.15, -0.1) is 0 Å². The van der Waals surface area contributed by atoms with Gasteiger partial charge < -0.3 is 13.4 Å². The van der Waals surface area contributed by atoms with Crippen LogP contribution in [0.2, 0.25) is 0 Å². The minimum Gasteiger partial charge on any atom is -0.455 e. The van der Waals surface area contributed by atoms with Crippen LogP contribution in [0, 0.1) is 0 Å². The van der Waals surface area contributed by atoms with Crippen molar-refractivity contribution in [2.45, 2.75) is 0 Å². The van der Waals surface area contributed by atoms with Crippen LogP contribution >= 0.6 is 0 Å². The van der Waals surface area contributed by atoms with Gasteiger partial charge in [0.1, 0.15) is 16.7 Å². The quantitative estimate of drug-likeness (QED) is 0.152. The third kappa shape index (κ3) is 7.22. The highest BCUT2D eigenvalue weighted by Crippen LogP contribution is 2.44. The zero-order chi connectivity index (χ0) is 49.4. The maximum atomic E-state index is 6.86. The van der Waals surface area contributed by atoms with Crippen molar-refractivity contribution in [3.8, 4) is 84.4 Å². The summed E-state index contributed by atoms with van der Waals surface area (Å²) in [6.07, 6.45) is 0. The summed E-state index contributed by atoms with van der Waals surface area (Å²) in [5.74, 6) is 1.85. The highest BCUT2D eigenvalue weighted by atomic mass is 16.3. The summed E-state index contributed by atoms with van der Waals surface area (Å²) in [6, 6.07) is 89.4. The molecule has 0 radical (unpaired) electrons. The van der Waals surface area contributed by atoms with Crippen molar-refractivity contribution in [3.05, 3.63) is 255 Å². The molecule has 0 saturated carbocycles. The molecular weight excluding hydrogens is 917 g/mol. The minimum atomic E-state index is 0.604. The van der Waals surface area contributed by atoms with Crippen molar-refractivity contribution in [2.75, 3.05) is 0 Å². The molecule has 0 N–H and O–H groups in total. The van der Waals surface area contributed by atoms with E-state index in [9.17, 15) is 0 Å². The second-order valence-electron chi connectivity index (χ2n) is 19.1. The van der Waals surface area contributed by atoms with Gasteiger partial charge in [-0.25, -0.2) is 15.0 Å². The Bertz CT molecular complexity index is 4650. The molecule has 0 atom stereocenters. The van der Waals surface area contributed by atoms with E-state index in [0.717, 1.165) is 111 Å². The van der Waals surface area contributed by atoms with E-state index >= 15 is 0 Å². The van der Waals surface area contributed by atoms with Gasteiger partial charge >= 0.3 is 0 Å². The number of hydrogen-bond acceptors (Lipinski definition) is 5. The predicted octanol–water partition coefficient (Wildman–Crippen LogP) is 18.4. The summed E-state index contributed by atoms with van der Waals surface area (Å²) in [5.41, 5.74) is 17.9. The summed E-state index contributed by atoms with van der Waals surface area (Å²) >= 11 is 0. The summed E-state index contributed by atoms with van der Waals surface area (Å²) < 4.78 is 16.1. The lowest BCUT2D eigenvalue weighted by Gasteiger charge is -2.13. The first-order valence-electron chi connectivity index (χ1n) is 25.2. The molecule has 0 aliphatic carbocycles. The predicted molar refractivity (Wildman–Crippen MR) is 307 cm³/mol. The molecule has 0 aliphatic heterocycles. The van der Waals surface area contributed by atoms with Crippen molar-refractivity contribution in [1.29, 1.82) is 0 Å². The lowest BCUT2D eigenvalue weighted by atomic mass is 9.93. The van der Waals surface area contributed by atoms with Crippen LogP contribution in [0.4, 0.5) is 0 Å². The van der Waals surface area contributed by atoms with Crippen molar-refractivity contribution in [3.63, 3.8) is 0 Å². The Morgan fingerprint density at radius 3 is 1.35 bits per heavy atom. The van der Waals surface area contributed by atoms with Crippen LogP contribution in [-0.4, -0.2) is 19.5 Å². The van der Waals surface area contributed by atoms with Crippen LogP contribution in [-0.2, 0) is 0 Å². The number of fused-ring (bicyclic) bond motifs is 9. The molecule has 6 heteroatoms. The van der Waals surface area contributed by atoms with Crippen LogP contribution < -0.4 is 0 Å². The van der Waals surface area contributed by atoms with Crippen LogP contribution in [0.5, 0.6) is 0 Å². The standard InChI is InChI=1S/C69H42N4O2/c1-4-18-43(19-5-1)48-34-35-61-57(38-48)53-28-10-13-31-60(53)73(61)62-42-52(41-59-55-30-12-15-33-64(55)75-66(59)62)46-24-16-26-49(36-46)56-39-51(40-58-54-29-11-14-32-63(54)74-65(56)58)47-25-17-27-50(37-47)69-71-67(44-20-6-2-7-21-44)70-68(72-69)45-22-8-3-9-23-45/h1-42H. The lowest BCUT2D eigenvalue weighted by molar-refractivity contribution is 0.666. The smallest absolute Gasteiger partial charge is 0.164 e. The second kappa shape index (κ2) is 17.3. The molecule has 4 heterocycles. The normalized spacial score (nSPS) is 11.7. The van der Waals surface area contributed by atoms with Gasteiger partial charge in [-0.2, -0.15) is 0 Å². The molecule has 0 saturated heterocycles. The summed E-state index contributed by atoms with van der Waals surface area (Å²) in [4.78, 5) is 15.1. The van der Waals surface area contributed by atoms with Gasteiger partial charge in [-0.05, 0) is 106 Å². The molecule has 0 amide bonds. The van der Waals surface area contributed by atoms with Gasteiger partial charge in [0.15, 0.2) is 23.1 Å². The maximum Gasteiger partial charge on any atom is 0.164 e. The van der Waals surface area contributed by atoms with E-state index in [0.29, 0.717) is 17.5 Å². The van der Waals surface area contributed by atoms with Crippen LogP contribution in [0.15, 0.2) is 264 Å². The Kier molecular flexibility index (Phi) is 9.78. The maximum absolute atomic E-state index is 6.86. The zero-order valence-electron chi connectivity index (χ0n) is 40.4. The van der Waals surface area contributed by atoms with E-state index in [-0.39, 0.29) is 0 Å². The highest BCUT2D eigenvalue weighted by molar-refractivity contribution is 6.15. The third-order valence-corrected chi connectivity index (χ3v) is 14.6. The average Bonchev–Trinajstić information content (AvgIpc) is 4.23. The number of rotatable bonds is 8. The van der Waals surface area contributed by atoms with Gasteiger partial charge in [0, 0.05) is 54.6 Å². The van der Waals surface area contributed by atoms with Crippen molar-refractivity contribution < 1.29 is 8.83 Å². The lowest BCUT2D eigenvalue weighted by Crippen LogP contribution is -2.00. The summed E-state index contributed by atoms with van der Waals surface area (Å²) in [7, 11) is 0. The average molecular weight is 959 g/mol. The molecule has 0 spiro atoms. The highest BCUT2D eigenvalue weighted by Gasteiger charge is 2.22. The fourth-order valence-electron chi connectivity index (χ4n) is 11.0. The molecule has 0 bridgehead atoms. The Balaban J connectivity index is 0.901. The fourth-order valence-corrected chi connectivity index (χ4v) is 11.0. The molecule has 4 aromatic heterocycles. The number of furan rings is 2. The first-order chi connectivity index (χ1) is 37.1. The molecular formula is C69H42N4O2. The molecule has 75 heavy (non-hydrogen) atoms.